The molecule has 1 unspecified atom stereocenters. The van der Waals surface area contributed by atoms with Gasteiger partial charge in [-0.05, 0) is 0 Å². The molecule has 0 aliphatic carbocycles. The number of amides is 1. The van der Waals surface area contributed by atoms with Gasteiger partial charge in [-0.2, -0.15) is 18.3 Å². The third-order valence-corrected chi connectivity index (χ3v) is 3.76. The quantitative estimate of drug-likeness (QED) is 0.823. The van der Waals surface area contributed by atoms with Crippen LogP contribution in [0.4, 0.5) is 19.0 Å². The van der Waals surface area contributed by atoms with E-state index in [-0.39, 0.29) is 18.8 Å². The Bertz CT molecular complexity index is 625. The van der Waals surface area contributed by atoms with E-state index in [4.69, 9.17) is 5.14 Å². The molecule has 2 heterocycles. The van der Waals surface area contributed by atoms with Crippen LogP contribution in [0.3, 0.4) is 0 Å². The Hall–Kier alpha value is -1.62. The number of sulfonamides is 1. The maximum absolute atomic E-state index is 12.4. The first kappa shape index (κ1) is 14.8. The largest absolute Gasteiger partial charge is 0.432 e. The van der Waals surface area contributed by atoms with Gasteiger partial charge in [0.25, 0.3) is 0 Å². The van der Waals surface area contributed by atoms with Crippen LogP contribution >= 0.6 is 0 Å². The van der Waals surface area contributed by atoms with Crippen molar-refractivity contribution in [2.75, 3.05) is 17.2 Å². The SMILES string of the molecule is NS(=O)(=O)CC1CC(=O)N(c2cc(C(F)(F)F)[nH]n2)C1. The molecule has 1 atom stereocenters. The van der Waals surface area contributed by atoms with E-state index in [1.807, 2.05) is 0 Å². The van der Waals surface area contributed by atoms with Crippen LogP contribution in [0.2, 0.25) is 0 Å². The van der Waals surface area contributed by atoms with Gasteiger partial charge in [0.05, 0.1) is 5.75 Å². The Kier molecular flexibility index (Phi) is 3.50. The zero-order chi connectivity index (χ0) is 15.1. The number of carbonyl (C=O) groups is 1. The number of hydrogen-bond acceptors (Lipinski definition) is 4. The van der Waals surface area contributed by atoms with Crippen LogP contribution in [-0.4, -0.2) is 36.8 Å². The van der Waals surface area contributed by atoms with Gasteiger partial charge in [-0.1, -0.05) is 0 Å². The van der Waals surface area contributed by atoms with E-state index in [2.05, 4.69) is 5.10 Å². The van der Waals surface area contributed by atoms with Crippen molar-refractivity contribution in [1.82, 2.24) is 10.2 Å². The molecule has 3 N–H and O–H groups in total. The number of halogens is 3. The predicted molar refractivity (Wildman–Crippen MR) is 62.0 cm³/mol. The summed E-state index contributed by atoms with van der Waals surface area (Å²) in [6.07, 6.45) is -4.68. The molecule has 1 aromatic heterocycles. The number of H-pyrrole nitrogens is 1. The monoisotopic (exact) mass is 312 g/mol. The normalized spacial score (nSPS) is 20.7. The fourth-order valence-corrected chi connectivity index (χ4v) is 2.92. The number of nitrogens with two attached hydrogens (primary N) is 1. The molecular weight excluding hydrogens is 301 g/mol. The molecule has 20 heavy (non-hydrogen) atoms. The number of alkyl halides is 3. The maximum Gasteiger partial charge on any atom is 0.432 e. The Morgan fingerprint density at radius 1 is 1.50 bits per heavy atom. The minimum Gasteiger partial charge on any atom is -0.295 e. The third kappa shape index (κ3) is 3.28. The van der Waals surface area contributed by atoms with Crippen LogP contribution in [0.15, 0.2) is 6.07 Å². The van der Waals surface area contributed by atoms with E-state index in [9.17, 15) is 26.4 Å². The first-order valence-electron chi connectivity index (χ1n) is 5.50. The number of nitrogens with one attached hydrogen (secondary N) is 1. The molecule has 1 aliphatic rings. The molecule has 11 heteroatoms. The Morgan fingerprint density at radius 2 is 2.15 bits per heavy atom. The number of carbonyl (C=O) groups excluding carboxylic acids is 1. The van der Waals surface area contributed by atoms with E-state index in [0.717, 1.165) is 4.90 Å². The minimum absolute atomic E-state index is 0.0303. The number of primary sulfonamides is 1. The summed E-state index contributed by atoms with van der Waals surface area (Å²) in [4.78, 5) is 12.7. The third-order valence-electron chi connectivity index (χ3n) is 2.82. The van der Waals surface area contributed by atoms with E-state index in [1.54, 1.807) is 5.10 Å². The predicted octanol–water partition coefficient (Wildman–Crippen LogP) is 0.0699. The molecular formula is C9H11F3N4O3S. The van der Waals surface area contributed by atoms with Gasteiger partial charge in [-0.3, -0.25) is 14.8 Å². The van der Waals surface area contributed by atoms with Crippen molar-refractivity contribution < 1.29 is 26.4 Å². The van der Waals surface area contributed by atoms with Crippen LogP contribution in [0.25, 0.3) is 0 Å². The zero-order valence-corrected chi connectivity index (χ0v) is 10.8. The minimum atomic E-state index is -4.59. The van der Waals surface area contributed by atoms with Gasteiger partial charge >= 0.3 is 6.18 Å². The van der Waals surface area contributed by atoms with Crippen molar-refractivity contribution >= 4 is 21.7 Å². The summed E-state index contributed by atoms with van der Waals surface area (Å²) >= 11 is 0. The van der Waals surface area contributed by atoms with Crippen LogP contribution in [0, 0.1) is 5.92 Å². The van der Waals surface area contributed by atoms with Crippen molar-refractivity contribution in [2.45, 2.75) is 12.6 Å². The number of anilines is 1. The Labute approximate surface area is 112 Å². The molecule has 112 valence electrons. The van der Waals surface area contributed by atoms with Crippen molar-refractivity contribution in [3.8, 4) is 0 Å². The maximum atomic E-state index is 12.4. The van der Waals surface area contributed by atoms with E-state index in [1.165, 1.54) is 0 Å². The van der Waals surface area contributed by atoms with Gasteiger partial charge in [-0.25, -0.2) is 13.6 Å². The average Bonchev–Trinajstić information content (AvgIpc) is 2.81. The second kappa shape index (κ2) is 4.74. The number of aromatic amines is 1. The first-order chi connectivity index (χ1) is 9.06. The summed E-state index contributed by atoms with van der Waals surface area (Å²) in [6, 6.07) is 0.706. The molecule has 1 saturated heterocycles. The molecule has 0 spiro atoms. The van der Waals surface area contributed by atoms with Crippen molar-refractivity contribution in [3.05, 3.63) is 11.8 Å². The fraction of sp³-hybridized carbons (Fsp3) is 0.556. The van der Waals surface area contributed by atoms with Crippen LogP contribution < -0.4 is 10.0 Å². The highest BCUT2D eigenvalue weighted by Crippen LogP contribution is 2.31. The Morgan fingerprint density at radius 3 is 2.65 bits per heavy atom. The van der Waals surface area contributed by atoms with Gasteiger partial charge in [0, 0.05) is 24.9 Å². The lowest BCUT2D eigenvalue weighted by molar-refractivity contribution is -0.141. The zero-order valence-electron chi connectivity index (χ0n) is 10.0. The van der Waals surface area contributed by atoms with Crippen molar-refractivity contribution in [2.24, 2.45) is 11.1 Å². The van der Waals surface area contributed by atoms with E-state index < -0.39 is 39.5 Å². The van der Waals surface area contributed by atoms with Gasteiger partial charge in [-0.15, -0.1) is 0 Å². The highest BCUT2D eigenvalue weighted by molar-refractivity contribution is 7.89. The van der Waals surface area contributed by atoms with Gasteiger partial charge in [0.15, 0.2) is 5.82 Å². The summed E-state index contributed by atoms with van der Waals surface area (Å²) < 4.78 is 59.1. The molecule has 0 radical (unpaired) electrons. The highest BCUT2D eigenvalue weighted by atomic mass is 32.2. The van der Waals surface area contributed by atoms with E-state index in [0.29, 0.717) is 6.07 Å². The molecule has 1 fully saturated rings. The molecule has 1 aliphatic heterocycles. The summed E-state index contributed by atoms with van der Waals surface area (Å²) in [6.45, 7) is -0.0303. The highest BCUT2D eigenvalue weighted by Gasteiger charge is 2.37. The van der Waals surface area contributed by atoms with Crippen molar-refractivity contribution in [1.29, 1.82) is 0 Å². The Balaban J connectivity index is 2.14. The number of rotatable bonds is 3. The van der Waals surface area contributed by atoms with Gasteiger partial charge in [0.2, 0.25) is 15.9 Å². The number of aromatic nitrogens is 2. The topological polar surface area (TPSA) is 109 Å². The van der Waals surface area contributed by atoms with E-state index >= 15 is 0 Å². The second-order valence-corrected chi connectivity index (χ2v) is 6.20. The molecule has 1 amide bonds. The second-order valence-electron chi connectivity index (χ2n) is 4.54. The summed E-state index contributed by atoms with van der Waals surface area (Å²) in [7, 11) is -3.74. The molecule has 0 bridgehead atoms. The summed E-state index contributed by atoms with van der Waals surface area (Å²) in [5.41, 5.74) is -1.07. The molecule has 2 rings (SSSR count). The lowest BCUT2D eigenvalue weighted by Crippen LogP contribution is -2.27. The lowest BCUT2D eigenvalue weighted by atomic mass is 10.1. The van der Waals surface area contributed by atoms with Gasteiger partial charge in [0.1, 0.15) is 5.69 Å². The molecule has 7 nitrogen and oxygen atoms in total. The molecule has 1 aromatic rings. The standard InChI is InChI=1S/C9H11F3N4O3S/c10-9(11,12)6-2-7(15-14-6)16-3-5(1-8(16)17)4-20(13,18)19/h2,5H,1,3-4H2,(H,14,15)(H2,13,18,19). The first-order valence-corrected chi connectivity index (χ1v) is 7.21. The number of hydrogen-bond donors (Lipinski definition) is 2. The van der Waals surface area contributed by atoms with Crippen LogP contribution in [0.5, 0.6) is 0 Å². The van der Waals surface area contributed by atoms with Crippen molar-refractivity contribution in [3.63, 3.8) is 0 Å². The molecule has 0 aromatic carbocycles. The van der Waals surface area contributed by atoms with Crippen LogP contribution in [0.1, 0.15) is 12.1 Å². The lowest BCUT2D eigenvalue weighted by Gasteiger charge is -2.12. The number of nitrogens with zero attached hydrogens (tertiary/aromatic N) is 2. The summed E-state index contributed by atoms with van der Waals surface area (Å²) in [5, 5.41) is 10.1. The van der Waals surface area contributed by atoms with Crippen LogP contribution in [-0.2, 0) is 21.0 Å². The average molecular weight is 312 g/mol. The fourth-order valence-electron chi connectivity index (χ4n) is 2.04. The smallest absolute Gasteiger partial charge is 0.295 e. The van der Waals surface area contributed by atoms with Gasteiger partial charge < -0.3 is 0 Å². The summed E-state index contributed by atoms with van der Waals surface area (Å²) in [5.74, 6) is -1.62. The molecule has 0 saturated carbocycles.